The summed E-state index contributed by atoms with van der Waals surface area (Å²) in [5.74, 6) is 1.33. The molecule has 0 unspecified atom stereocenters. The number of carbonyl (C=O) groups is 2. The van der Waals surface area contributed by atoms with Gasteiger partial charge in [0.25, 0.3) is 0 Å². The normalized spacial score (nSPS) is 47.8. The Hall–Kier alpha value is -1.32. The van der Waals surface area contributed by atoms with Gasteiger partial charge in [-0.2, -0.15) is 0 Å². The molecule has 0 radical (unpaired) electrons. The number of methoxy groups -OCH3 is 1. The summed E-state index contributed by atoms with van der Waals surface area (Å²) in [6.07, 6.45) is 13.4. The SMILES string of the molecule is COC(=O)[C@]12CCC(C)(C)C[C@H]1C1=CC[C@H]3[C@@]4(C)CC[C@H](OC(C)=O)C(C)(C)[C@@H]4CC[C@@]3(C)[C@]1(C)CC2. The third-order valence-corrected chi connectivity index (χ3v) is 13.5. The molecule has 0 aliphatic heterocycles. The van der Waals surface area contributed by atoms with Gasteiger partial charge in [0.2, 0.25) is 0 Å². The molecule has 4 fully saturated rings. The van der Waals surface area contributed by atoms with Gasteiger partial charge >= 0.3 is 11.9 Å². The maximum absolute atomic E-state index is 13.4. The molecule has 0 aromatic heterocycles. The summed E-state index contributed by atoms with van der Waals surface area (Å²) in [7, 11) is 1.59. The van der Waals surface area contributed by atoms with E-state index in [1.54, 1.807) is 19.6 Å². The zero-order valence-corrected chi connectivity index (χ0v) is 25.1. The van der Waals surface area contributed by atoms with Crippen molar-refractivity contribution in [2.24, 2.45) is 50.2 Å². The minimum absolute atomic E-state index is 0.0116. The molecule has 8 atom stereocenters. The molecular weight excluding hydrogens is 460 g/mol. The van der Waals surface area contributed by atoms with Crippen molar-refractivity contribution in [3.63, 3.8) is 0 Å². The van der Waals surface area contributed by atoms with Gasteiger partial charge in [-0.25, -0.2) is 0 Å². The second kappa shape index (κ2) is 8.34. The largest absolute Gasteiger partial charge is 0.469 e. The number of ether oxygens (including phenoxy) is 2. The van der Waals surface area contributed by atoms with Crippen molar-refractivity contribution in [1.82, 2.24) is 0 Å². The van der Waals surface area contributed by atoms with E-state index in [1.807, 2.05) is 0 Å². The van der Waals surface area contributed by atoms with E-state index in [4.69, 9.17) is 9.47 Å². The smallest absolute Gasteiger partial charge is 0.312 e. The molecule has 0 aromatic carbocycles. The topological polar surface area (TPSA) is 52.6 Å². The van der Waals surface area contributed by atoms with Crippen LogP contribution in [0.4, 0.5) is 0 Å². The Kier molecular flexibility index (Phi) is 6.14. The average Bonchev–Trinajstić information content (AvgIpc) is 2.80. The van der Waals surface area contributed by atoms with Crippen LogP contribution < -0.4 is 0 Å². The minimum atomic E-state index is -0.343. The Bertz CT molecular complexity index is 1010. The van der Waals surface area contributed by atoms with Crippen molar-refractivity contribution in [2.75, 3.05) is 7.11 Å². The molecule has 0 spiro atoms. The zero-order valence-electron chi connectivity index (χ0n) is 25.1. The van der Waals surface area contributed by atoms with Crippen LogP contribution in [-0.2, 0) is 19.1 Å². The lowest BCUT2D eigenvalue weighted by Gasteiger charge is -2.71. The Morgan fingerprint density at radius 1 is 0.865 bits per heavy atom. The van der Waals surface area contributed by atoms with Gasteiger partial charge in [0.15, 0.2) is 0 Å². The molecule has 4 saturated carbocycles. The molecule has 37 heavy (non-hydrogen) atoms. The molecule has 0 N–H and O–H groups in total. The van der Waals surface area contributed by atoms with Gasteiger partial charge < -0.3 is 9.47 Å². The van der Waals surface area contributed by atoms with Crippen LogP contribution in [0.25, 0.3) is 0 Å². The van der Waals surface area contributed by atoms with Crippen LogP contribution in [0, 0.1) is 50.2 Å². The van der Waals surface area contributed by atoms with Crippen molar-refractivity contribution in [2.45, 2.75) is 126 Å². The molecule has 4 heteroatoms. The van der Waals surface area contributed by atoms with Gasteiger partial charge in [0.1, 0.15) is 6.10 Å². The zero-order chi connectivity index (χ0) is 27.2. The lowest BCUT2D eigenvalue weighted by molar-refractivity contribution is -0.213. The molecular formula is C33H52O4. The predicted molar refractivity (Wildman–Crippen MR) is 147 cm³/mol. The molecule has 0 saturated heterocycles. The van der Waals surface area contributed by atoms with Crippen molar-refractivity contribution >= 4 is 11.9 Å². The van der Waals surface area contributed by atoms with Crippen LogP contribution in [0.3, 0.4) is 0 Å². The fraction of sp³-hybridized carbons (Fsp3) is 0.879. The molecule has 5 aliphatic carbocycles. The quantitative estimate of drug-likeness (QED) is 0.279. The van der Waals surface area contributed by atoms with Gasteiger partial charge in [-0.1, -0.05) is 60.1 Å². The highest BCUT2D eigenvalue weighted by Crippen LogP contribution is 2.75. The first kappa shape index (κ1) is 27.3. The van der Waals surface area contributed by atoms with Crippen LogP contribution in [-0.4, -0.2) is 25.2 Å². The minimum Gasteiger partial charge on any atom is -0.469 e. The van der Waals surface area contributed by atoms with Gasteiger partial charge in [-0.05, 0) is 104 Å². The summed E-state index contributed by atoms with van der Waals surface area (Å²) in [4.78, 5) is 25.3. The van der Waals surface area contributed by atoms with Crippen molar-refractivity contribution in [1.29, 1.82) is 0 Å². The Balaban J connectivity index is 1.55. The number of carbonyl (C=O) groups excluding carboxylic acids is 2. The maximum atomic E-state index is 13.4. The van der Waals surface area contributed by atoms with Crippen LogP contribution in [0.15, 0.2) is 11.6 Å². The monoisotopic (exact) mass is 512 g/mol. The summed E-state index contributed by atoms with van der Waals surface area (Å²) >= 11 is 0. The van der Waals surface area contributed by atoms with Crippen LogP contribution >= 0.6 is 0 Å². The first-order valence-corrected chi connectivity index (χ1v) is 15.0. The van der Waals surface area contributed by atoms with E-state index in [1.165, 1.54) is 12.8 Å². The molecule has 5 aliphatic rings. The molecule has 208 valence electrons. The predicted octanol–water partition coefficient (Wildman–Crippen LogP) is 7.89. The van der Waals surface area contributed by atoms with Gasteiger partial charge in [0, 0.05) is 12.3 Å². The standard InChI is InChI=1S/C33H52O4/c1-21(34)37-26-13-14-30(6)24(29(26,4)5)12-15-32(8)25(30)11-10-22-23-20-28(2,3)16-18-33(23,27(35)36-9)19-17-31(22,32)7/h10,23-26H,11-20H2,1-9H3/t23-,24-,25-,26-,30-,31+,32+,33-/m0/s1. The highest BCUT2D eigenvalue weighted by molar-refractivity contribution is 5.78. The second-order valence-corrected chi connectivity index (χ2v) is 15.8. The van der Waals surface area contributed by atoms with Crippen molar-refractivity contribution in [3.8, 4) is 0 Å². The highest BCUT2D eigenvalue weighted by atomic mass is 16.5. The van der Waals surface area contributed by atoms with E-state index < -0.39 is 0 Å². The summed E-state index contributed by atoms with van der Waals surface area (Å²) in [6, 6.07) is 0. The molecule has 4 nitrogen and oxygen atoms in total. The molecule has 0 heterocycles. The van der Waals surface area contributed by atoms with Crippen molar-refractivity contribution < 1.29 is 19.1 Å². The molecule has 0 amide bonds. The van der Waals surface area contributed by atoms with Crippen LogP contribution in [0.1, 0.15) is 120 Å². The van der Waals surface area contributed by atoms with Crippen LogP contribution in [0.2, 0.25) is 0 Å². The van der Waals surface area contributed by atoms with E-state index >= 15 is 0 Å². The Morgan fingerprint density at radius 2 is 1.54 bits per heavy atom. The van der Waals surface area contributed by atoms with Gasteiger partial charge in [0.05, 0.1) is 12.5 Å². The van der Waals surface area contributed by atoms with E-state index in [2.05, 4.69) is 54.5 Å². The fourth-order valence-electron chi connectivity index (χ4n) is 11.2. The van der Waals surface area contributed by atoms with E-state index in [0.29, 0.717) is 17.8 Å². The average molecular weight is 513 g/mol. The lowest BCUT2D eigenvalue weighted by Crippen LogP contribution is -2.65. The fourth-order valence-corrected chi connectivity index (χ4v) is 11.2. The molecule has 0 aromatic rings. The Morgan fingerprint density at radius 3 is 2.19 bits per heavy atom. The number of fused-ring (bicyclic) bond motifs is 7. The third-order valence-electron chi connectivity index (χ3n) is 13.5. The van der Waals surface area contributed by atoms with E-state index in [9.17, 15) is 9.59 Å². The number of allylic oxidation sites excluding steroid dienone is 2. The van der Waals surface area contributed by atoms with Crippen molar-refractivity contribution in [3.05, 3.63) is 11.6 Å². The number of esters is 2. The maximum Gasteiger partial charge on any atom is 0.312 e. The van der Waals surface area contributed by atoms with E-state index in [0.717, 1.165) is 51.4 Å². The summed E-state index contributed by atoms with van der Waals surface area (Å²) in [5.41, 5.74) is 2.01. The Labute approximate surface area is 225 Å². The van der Waals surface area contributed by atoms with Crippen LogP contribution in [0.5, 0.6) is 0 Å². The van der Waals surface area contributed by atoms with Gasteiger partial charge in [-0.15, -0.1) is 0 Å². The third kappa shape index (κ3) is 3.58. The molecule has 0 bridgehead atoms. The first-order valence-electron chi connectivity index (χ1n) is 15.0. The summed E-state index contributed by atoms with van der Waals surface area (Å²) in [5, 5.41) is 0. The first-order chi connectivity index (χ1) is 17.1. The summed E-state index contributed by atoms with van der Waals surface area (Å²) in [6.45, 7) is 18.8. The van der Waals surface area contributed by atoms with E-state index in [-0.39, 0.29) is 50.5 Å². The second-order valence-electron chi connectivity index (χ2n) is 15.8. The number of hydrogen-bond acceptors (Lipinski definition) is 4. The van der Waals surface area contributed by atoms with Gasteiger partial charge in [-0.3, -0.25) is 9.59 Å². The molecule has 5 rings (SSSR count). The number of rotatable bonds is 2. The summed E-state index contributed by atoms with van der Waals surface area (Å²) < 4.78 is 11.4. The lowest BCUT2D eigenvalue weighted by atomic mass is 9.33. The number of hydrogen-bond donors (Lipinski definition) is 0. The highest BCUT2D eigenvalue weighted by Gasteiger charge is 2.69.